The van der Waals surface area contributed by atoms with Gasteiger partial charge < -0.3 is 4.57 Å². The third-order valence-electron chi connectivity index (χ3n) is 3.08. The lowest BCUT2D eigenvalue weighted by Gasteiger charge is -2.07. The van der Waals surface area contributed by atoms with Crippen molar-refractivity contribution in [3.8, 4) is 10.6 Å². The Hall–Kier alpha value is -2.15. The van der Waals surface area contributed by atoms with E-state index in [0.717, 1.165) is 10.9 Å². The lowest BCUT2D eigenvalue weighted by Crippen LogP contribution is -2.26. The van der Waals surface area contributed by atoms with Crippen molar-refractivity contribution in [2.75, 3.05) is 0 Å². The highest BCUT2D eigenvalue weighted by molar-refractivity contribution is 7.13. The molecule has 0 N–H and O–H groups in total. The van der Waals surface area contributed by atoms with Gasteiger partial charge in [-0.1, -0.05) is 18.2 Å². The van der Waals surface area contributed by atoms with Crippen LogP contribution in [0.4, 0.5) is 13.2 Å². The van der Waals surface area contributed by atoms with E-state index in [0.29, 0.717) is 10.5 Å². The summed E-state index contributed by atoms with van der Waals surface area (Å²) in [6.07, 6.45) is -1.65. The summed E-state index contributed by atoms with van der Waals surface area (Å²) in [7, 11) is 0. The van der Waals surface area contributed by atoms with Crippen molar-refractivity contribution < 1.29 is 18.0 Å². The molecular formula is C14H9F3N2OS. The Labute approximate surface area is 121 Å². The Balaban J connectivity index is 2.10. The summed E-state index contributed by atoms with van der Waals surface area (Å²) in [5, 5.41) is 3.29. The molecule has 0 aliphatic heterocycles. The van der Waals surface area contributed by atoms with Crippen LogP contribution < -0.4 is 0 Å². The number of halogens is 3. The second kappa shape index (κ2) is 5.00. The molecular weight excluding hydrogens is 301 g/mol. The van der Waals surface area contributed by atoms with Crippen LogP contribution in [-0.2, 0) is 11.3 Å². The molecule has 0 amide bonds. The van der Waals surface area contributed by atoms with Crippen LogP contribution in [0.3, 0.4) is 0 Å². The molecule has 0 atom stereocenters. The van der Waals surface area contributed by atoms with Crippen molar-refractivity contribution in [3.05, 3.63) is 42.0 Å². The zero-order valence-electron chi connectivity index (χ0n) is 10.6. The summed E-state index contributed by atoms with van der Waals surface area (Å²) in [6, 6.07) is 7.02. The van der Waals surface area contributed by atoms with Gasteiger partial charge in [0.05, 0.1) is 6.54 Å². The number of fused-ring (bicyclic) bond motifs is 1. The summed E-state index contributed by atoms with van der Waals surface area (Å²) < 4.78 is 38.6. The molecule has 0 bridgehead atoms. The first kappa shape index (κ1) is 13.8. The fourth-order valence-corrected chi connectivity index (χ4v) is 2.81. The topological polar surface area (TPSA) is 34.9 Å². The lowest BCUT2D eigenvalue weighted by atomic mass is 10.2. The highest BCUT2D eigenvalue weighted by atomic mass is 32.1. The molecule has 3 aromatic rings. The average molecular weight is 310 g/mol. The molecule has 2 aromatic heterocycles. The van der Waals surface area contributed by atoms with Gasteiger partial charge in [0.25, 0.3) is 5.78 Å². The molecule has 0 unspecified atom stereocenters. The molecule has 108 valence electrons. The number of thiazole rings is 1. The third kappa shape index (κ3) is 2.56. The number of rotatable bonds is 3. The number of para-hydroxylation sites is 1. The summed E-state index contributed by atoms with van der Waals surface area (Å²) in [6.45, 7) is -0.727. The number of benzene rings is 1. The van der Waals surface area contributed by atoms with E-state index < -0.39 is 18.5 Å². The van der Waals surface area contributed by atoms with Gasteiger partial charge in [0.2, 0.25) is 0 Å². The smallest absolute Gasteiger partial charge is 0.339 e. The molecule has 3 rings (SSSR count). The van der Waals surface area contributed by atoms with Crippen molar-refractivity contribution in [2.24, 2.45) is 0 Å². The molecule has 21 heavy (non-hydrogen) atoms. The number of hydrogen-bond donors (Lipinski definition) is 0. The van der Waals surface area contributed by atoms with Crippen molar-refractivity contribution in [3.63, 3.8) is 0 Å². The first-order valence-electron chi connectivity index (χ1n) is 6.04. The largest absolute Gasteiger partial charge is 0.451 e. The fraction of sp³-hybridized carbons (Fsp3) is 0.143. The van der Waals surface area contributed by atoms with Gasteiger partial charge in [-0.3, -0.25) is 4.79 Å². The highest BCUT2D eigenvalue weighted by Crippen LogP contribution is 2.32. The molecule has 0 saturated carbocycles. The van der Waals surface area contributed by atoms with Gasteiger partial charge >= 0.3 is 6.18 Å². The van der Waals surface area contributed by atoms with Crippen LogP contribution in [0.2, 0.25) is 0 Å². The maximum atomic E-state index is 12.4. The van der Waals surface area contributed by atoms with E-state index in [4.69, 9.17) is 0 Å². The van der Waals surface area contributed by atoms with Crippen LogP contribution in [0.15, 0.2) is 42.0 Å². The first-order valence-corrected chi connectivity index (χ1v) is 6.92. The second-order valence-electron chi connectivity index (χ2n) is 4.45. The number of carbonyl (C=O) groups excluding carboxylic acids is 1. The van der Waals surface area contributed by atoms with Crippen LogP contribution in [-0.4, -0.2) is 21.5 Å². The Morgan fingerprint density at radius 1 is 1.29 bits per heavy atom. The van der Waals surface area contributed by atoms with E-state index in [-0.39, 0.29) is 0 Å². The minimum Gasteiger partial charge on any atom is -0.339 e. The number of alkyl halides is 3. The Morgan fingerprint density at radius 2 is 2.05 bits per heavy atom. The fourth-order valence-electron chi connectivity index (χ4n) is 2.15. The van der Waals surface area contributed by atoms with Crippen LogP contribution >= 0.6 is 11.3 Å². The van der Waals surface area contributed by atoms with E-state index in [9.17, 15) is 18.0 Å². The van der Waals surface area contributed by atoms with Gasteiger partial charge in [-0.25, -0.2) is 4.98 Å². The van der Waals surface area contributed by atoms with Crippen LogP contribution in [0.1, 0.15) is 0 Å². The van der Waals surface area contributed by atoms with E-state index >= 15 is 0 Å². The Morgan fingerprint density at radius 3 is 2.71 bits per heavy atom. The van der Waals surface area contributed by atoms with E-state index in [2.05, 4.69) is 4.98 Å². The maximum Gasteiger partial charge on any atom is 0.451 e. The quantitative estimate of drug-likeness (QED) is 0.735. The SMILES string of the molecule is O=C(Cn1cc(-c2nccs2)c2ccccc21)C(F)(F)F. The van der Waals surface area contributed by atoms with Crippen molar-refractivity contribution in [1.82, 2.24) is 9.55 Å². The lowest BCUT2D eigenvalue weighted by molar-refractivity contribution is -0.171. The highest BCUT2D eigenvalue weighted by Gasteiger charge is 2.38. The van der Waals surface area contributed by atoms with Crippen molar-refractivity contribution in [1.29, 1.82) is 0 Å². The van der Waals surface area contributed by atoms with Crippen molar-refractivity contribution >= 4 is 28.0 Å². The standard InChI is InChI=1S/C14H9F3N2OS/c15-14(16,17)12(20)8-19-7-10(13-18-5-6-21-13)9-3-1-2-4-11(9)19/h1-7H,8H2. The molecule has 0 fully saturated rings. The summed E-state index contributed by atoms with van der Waals surface area (Å²) in [5.74, 6) is -1.77. The molecule has 2 heterocycles. The molecule has 0 spiro atoms. The van der Waals surface area contributed by atoms with E-state index in [1.54, 1.807) is 42.0 Å². The number of hydrogen-bond acceptors (Lipinski definition) is 3. The van der Waals surface area contributed by atoms with Gasteiger partial charge in [-0.2, -0.15) is 13.2 Å². The number of Topliss-reactive ketones (excluding diaryl/α,β-unsaturated/α-hetero) is 1. The molecule has 1 aromatic carbocycles. The molecule has 0 radical (unpaired) electrons. The molecule has 7 heteroatoms. The minimum atomic E-state index is -4.83. The first-order chi connectivity index (χ1) is 9.97. The minimum absolute atomic E-state index is 0.584. The van der Waals surface area contributed by atoms with Crippen LogP contribution in [0, 0.1) is 0 Å². The summed E-state index contributed by atoms with van der Waals surface area (Å²) >= 11 is 1.40. The molecule has 3 nitrogen and oxygen atoms in total. The molecule has 0 aliphatic rings. The Bertz CT molecular complexity index is 790. The maximum absolute atomic E-state index is 12.4. The van der Waals surface area contributed by atoms with Gasteiger partial charge in [0.15, 0.2) is 0 Å². The monoisotopic (exact) mass is 310 g/mol. The third-order valence-corrected chi connectivity index (χ3v) is 3.89. The molecule has 0 aliphatic carbocycles. The average Bonchev–Trinajstić information content (AvgIpc) is 3.05. The van der Waals surface area contributed by atoms with Crippen molar-refractivity contribution in [2.45, 2.75) is 12.7 Å². The Kier molecular flexibility index (Phi) is 3.29. The van der Waals surface area contributed by atoms with Gasteiger partial charge in [-0.05, 0) is 6.07 Å². The van der Waals surface area contributed by atoms with Gasteiger partial charge in [-0.15, -0.1) is 11.3 Å². The molecule has 0 saturated heterocycles. The normalized spacial score (nSPS) is 12.0. The number of ketones is 1. The zero-order valence-corrected chi connectivity index (χ0v) is 11.4. The van der Waals surface area contributed by atoms with E-state index in [1.165, 1.54) is 15.9 Å². The van der Waals surface area contributed by atoms with Crippen LogP contribution in [0.5, 0.6) is 0 Å². The number of nitrogens with zero attached hydrogens (tertiary/aromatic N) is 2. The van der Waals surface area contributed by atoms with Gasteiger partial charge in [0, 0.05) is 34.2 Å². The zero-order chi connectivity index (χ0) is 15.0. The van der Waals surface area contributed by atoms with E-state index in [1.807, 2.05) is 0 Å². The summed E-state index contributed by atoms with van der Waals surface area (Å²) in [5.41, 5.74) is 1.32. The van der Waals surface area contributed by atoms with Gasteiger partial charge in [0.1, 0.15) is 5.01 Å². The number of aromatic nitrogens is 2. The summed E-state index contributed by atoms with van der Waals surface area (Å²) in [4.78, 5) is 15.4. The van der Waals surface area contributed by atoms with Crippen LogP contribution in [0.25, 0.3) is 21.5 Å². The number of carbonyl (C=O) groups is 1. The predicted molar refractivity (Wildman–Crippen MR) is 74.1 cm³/mol. The second-order valence-corrected chi connectivity index (χ2v) is 5.34. The predicted octanol–water partition coefficient (Wildman–Crippen LogP) is 3.90.